The van der Waals surface area contributed by atoms with Crippen LogP contribution in [0.2, 0.25) is 5.02 Å². The molecule has 0 spiro atoms. The number of aryl methyl sites for hydroxylation is 1. The highest BCUT2D eigenvalue weighted by molar-refractivity contribution is 7.13. The number of rotatable bonds is 3. The van der Waals surface area contributed by atoms with E-state index in [1.165, 1.54) is 16.2 Å². The van der Waals surface area contributed by atoms with Crippen molar-refractivity contribution in [2.45, 2.75) is 6.92 Å². The lowest BCUT2D eigenvalue weighted by atomic mass is 10.3. The number of hydrogen-bond acceptors (Lipinski definition) is 4. The van der Waals surface area contributed by atoms with Gasteiger partial charge >= 0.3 is 0 Å². The molecule has 88 valence electrons. The molecular weight excluding hydrogens is 250 g/mol. The molecule has 0 saturated heterocycles. The summed E-state index contributed by atoms with van der Waals surface area (Å²) >= 11 is 7.25. The molecule has 0 aliphatic rings. The second kappa shape index (κ2) is 5.18. The van der Waals surface area contributed by atoms with Gasteiger partial charge in [0.15, 0.2) is 5.84 Å². The summed E-state index contributed by atoms with van der Waals surface area (Å²) in [4.78, 5) is 13.7. The van der Waals surface area contributed by atoms with Crippen molar-refractivity contribution < 1.29 is 10.0 Å². The van der Waals surface area contributed by atoms with Crippen LogP contribution >= 0.6 is 22.9 Å². The zero-order valence-electron chi connectivity index (χ0n) is 8.90. The minimum Gasteiger partial charge on any atom is -0.409 e. The van der Waals surface area contributed by atoms with Gasteiger partial charge in [0.2, 0.25) is 0 Å². The van der Waals surface area contributed by atoms with E-state index in [1.807, 2.05) is 12.3 Å². The summed E-state index contributed by atoms with van der Waals surface area (Å²) in [5, 5.41) is 13.5. The molecule has 0 saturated carbocycles. The molecule has 0 bridgehead atoms. The van der Waals surface area contributed by atoms with Crippen LogP contribution < -0.4 is 5.73 Å². The summed E-state index contributed by atoms with van der Waals surface area (Å²) in [5.41, 5.74) is 6.18. The Kier molecular flexibility index (Phi) is 4.14. The molecule has 7 heteroatoms. The number of carbonyl (C=O) groups excluding carboxylic acids is 1. The van der Waals surface area contributed by atoms with E-state index in [4.69, 9.17) is 22.5 Å². The first-order valence-corrected chi connectivity index (χ1v) is 5.68. The normalized spacial score (nSPS) is 11.6. The van der Waals surface area contributed by atoms with Crippen LogP contribution in [0, 0.1) is 6.92 Å². The summed E-state index contributed by atoms with van der Waals surface area (Å²) in [6.07, 6.45) is 0. The van der Waals surface area contributed by atoms with E-state index in [1.54, 1.807) is 7.05 Å². The topological polar surface area (TPSA) is 78.9 Å². The molecule has 0 unspecified atom stereocenters. The number of carbonyl (C=O) groups is 1. The lowest BCUT2D eigenvalue weighted by Gasteiger charge is -2.15. The van der Waals surface area contributed by atoms with E-state index < -0.39 is 0 Å². The van der Waals surface area contributed by atoms with Crippen molar-refractivity contribution in [2.24, 2.45) is 10.9 Å². The second-order valence-electron chi connectivity index (χ2n) is 3.31. The molecule has 0 fully saturated rings. The van der Waals surface area contributed by atoms with Crippen LogP contribution in [0.15, 0.2) is 10.5 Å². The number of nitrogens with zero attached hydrogens (tertiary/aromatic N) is 2. The minimum atomic E-state index is -0.241. The van der Waals surface area contributed by atoms with Crippen molar-refractivity contribution in [1.29, 1.82) is 0 Å². The molecule has 3 N–H and O–H groups in total. The van der Waals surface area contributed by atoms with Gasteiger partial charge in [-0.3, -0.25) is 4.79 Å². The maximum atomic E-state index is 11.9. The van der Waals surface area contributed by atoms with Crippen LogP contribution in [0.25, 0.3) is 0 Å². The van der Waals surface area contributed by atoms with Gasteiger partial charge in [-0.15, -0.1) is 11.3 Å². The fourth-order valence-corrected chi connectivity index (χ4v) is 2.36. The zero-order chi connectivity index (χ0) is 12.3. The van der Waals surface area contributed by atoms with Crippen LogP contribution in [0.5, 0.6) is 0 Å². The van der Waals surface area contributed by atoms with Crippen LogP contribution in [0.4, 0.5) is 0 Å². The Morgan fingerprint density at radius 1 is 1.75 bits per heavy atom. The Balaban J connectivity index is 2.82. The molecule has 0 atom stereocenters. The maximum Gasteiger partial charge on any atom is 0.265 e. The summed E-state index contributed by atoms with van der Waals surface area (Å²) in [5.74, 6) is -0.269. The number of amidine groups is 1. The number of likely N-dealkylation sites (N-methyl/N-ethyl adjacent to an activating group) is 1. The number of nitrogens with two attached hydrogens (primary N) is 1. The van der Waals surface area contributed by atoms with E-state index in [2.05, 4.69) is 5.16 Å². The van der Waals surface area contributed by atoms with Crippen molar-refractivity contribution in [3.63, 3.8) is 0 Å². The largest absolute Gasteiger partial charge is 0.409 e. The molecule has 1 aromatic heterocycles. The standard InChI is InChI=1S/C9H12ClN3O2S/c1-5-4-16-8(7(5)10)9(14)13(2)3-6(11)12-15/h4,15H,3H2,1-2H3,(H2,11,12). The van der Waals surface area contributed by atoms with Gasteiger partial charge in [-0.05, 0) is 17.9 Å². The predicted octanol–water partition coefficient (Wildman–Crippen LogP) is 1.53. The first-order chi connectivity index (χ1) is 7.47. The second-order valence-corrected chi connectivity index (χ2v) is 4.57. The van der Waals surface area contributed by atoms with Crippen molar-refractivity contribution in [2.75, 3.05) is 13.6 Å². The molecule has 0 radical (unpaired) electrons. The highest BCUT2D eigenvalue weighted by Gasteiger charge is 2.19. The van der Waals surface area contributed by atoms with Gasteiger partial charge in [0.1, 0.15) is 4.88 Å². The minimum absolute atomic E-state index is 0.0275. The number of amides is 1. The lowest BCUT2D eigenvalue weighted by Crippen LogP contribution is -2.35. The Hall–Kier alpha value is -1.27. The van der Waals surface area contributed by atoms with E-state index in [-0.39, 0.29) is 18.3 Å². The molecule has 16 heavy (non-hydrogen) atoms. The van der Waals surface area contributed by atoms with Crippen LogP contribution in [-0.2, 0) is 0 Å². The van der Waals surface area contributed by atoms with E-state index in [0.29, 0.717) is 9.90 Å². The summed E-state index contributed by atoms with van der Waals surface area (Å²) in [7, 11) is 1.56. The molecule has 5 nitrogen and oxygen atoms in total. The van der Waals surface area contributed by atoms with Crippen molar-refractivity contribution in [3.05, 3.63) is 20.8 Å². The zero-order valence-corrected chi connectivity index (χ0v) is 10.5. The molecule has 1 aromatic rings. The Morgan fingerprint density at radius 2 is 2.38 bits per heavy atom. The van der Waals surface area contributed by atoms with Gasteiger partial charge in [0.05, 0.1) is 11.6 Å². The third-order valence-electron chi connectivity index (χ3n) is 1.97. The van der Waals surface area contributed by atoms with Gasteiger partial charge in [0.25, 0.3) is 5.91 Å². The van der Waals surface area contributed by atoms with Gasteiger partial charge in [0, 0.05) is 7.05 Å². The summed E-state index contributed by atoms with van der Waals surface area (Å²) in [6.45, 7) is 1.89. The van der Waals surface area contributed by atoms with Crippen LogP contribution in [0.3, 0.4) is 0 Å². The van der Waals surface area contributed by atoms with Crippen molar-refractivity contribution in [1.82, 2.24) is 4.90 Å². The number of oxime groups is 1. The molecular formula is C9H12ClN3O2S. The number of thiophene rings is 1. The Bertz CT molecular complexity index is 430. The van der Waals surface area contributed by atoms with E-state index in [9.17, 15) is 4.79 Å². The quantitative estimate of drug-likeness (QED) is 0.375. The fourth-order valence-electron chi connectivity index (χ4n) is 1.09. The average Bonchev–Trinajstić information content (AvgIpc) is 2.58. The highest BCUT2D eigenvalue weighted by atomic mass is 35.5. The SMILES string of the molecule is Cc1csc(C(=O)N(C)C/C(N)=N/O)c1Cl. The maximum absolute atomic E-state index is 11.9. The Morgan fingerprint density at radius 3 is 2.81 bits per heavy atom. The van der Waals surface area contributed by atoms with Gasteiger partial charge in [-0.2, -0.15) is 0 Å². The number of hydrogen-bond donors (Lipinski definition) is 2. The molecule has 1 heterocycles. The lowest BCUT2D eigenvalue weighted by molar-refractivity contribution is 0.0818. The van der Waals surface area contributed by atoms with Crippen LogP contribution in [-0.4, -0.2) is 35.4 Å². The summed E-state index contributed by atoms with van der Waals surface area (Å²) < 4.78 is 0. The first kappa shape index (κ1) is 12.8. The van der Waals surface area contributed by atoms with Crippen LogP contribution in [0.1, 0.15) is 15.2 Å². The van der Waals surface area contributed by atoms with Gasteiger partial charge in [-0.25, -0.2) is 0 Å². The van der Waals surface area contributed by atoms with E-state index in [0.717, 1.165) is 5.56 Å². The van der Waals surface area contributed by atoms with E-state index >= 15 is 0 Å². The molecule has 1 amide bonds. The molecule has 0 aromatic carbocycles. The van der Waals surface area contributed by atoms with Crippen molar-refractivity contribution in [3.8, 4) is 0 Å². The van der Waals surface area contributed by atoms with Crippen molar-refractivity contribution >= 4 is 34.7 Å². The third kappa shape index (κ3) is 2.65. The van der Waals surface area contributed by atoms with Gasteiger partial charge in [-0.1, -0.05) is 16.8 Å². The van der Waals surface area contributed by atoms with Gasteiger partial charge < -0.3 is 15.8 Å². The average molecular weight is 262 g/mol. The first-order valence-electron chi connectivity index (χ1n) is 4.42. The predicted molar refractivity (Wildman–Crippen MR) is 64.4 cm³/mol. The third-order valence-corrected chi connectivity index (χ3v) is 3.65. The number of halogens is 1. The fraction of sp³-hybridized carbons (Fsp3) is 0.333. The smallest absolute Gasteiger partial charge is 0.265 e. The summed E-state index contributed by atoms with van der Waals surface area (Å²) in [6, 6.07) is 0. The monoisotopic (exact) mass is 261 g/mol. The highest BCUT2D eigenvalue weighted by Crippen LogP contribution is 2.27. The molecule has 0 aliphatic carbocycles. The molecule has 1 rings (SSSR count). The Labute approximate surface area is 102 Å². The molecule has 0 aliphatic heterocycles.